The van der Waals surface area contributed by atoms with Crippen molar-refractivity contribution in [1.29, 1.82) is 0 Å². The van der Waals surface area contributed by atoms with Gasteiger partial charge < -0.3 is 9.16 Å². The predicted molar refractivity (Wildman–Crippen MR) is 94.0 cm³/mol. The number of carbonyl (C=O) groups is 1. The van der Waals surface area contributed by atoms with Crippen molar-refractivity contribution in [3.05, 3.63) is 29.8 Å². The zero-order valence-corrected chi connectivity index (χ0v) is 16.0. The van der Waals surface area contributed by atoms with Gasteiger partial charge in [-0.15, -0.1) is 0 Å². The van der Waals surface area contributed by atoms with E-state index in [1.54, 1.807) is 12.1 Å². The van der Waals surface area contributed by atoms with E-state index in [1.165, 1.54) is 0 Å². The first-order chi connectivity index (χ1) is 10.0. The molecule has 22 heavy (non-hydrogen) atoms. The van der Waals surface area contributed by atoms with Crippen molar-refractivity contribution in [1.82, 2.24) is 0 Å². The highest BCUT2D eigenvalue weighted by Crippen LogP contribution is 2.37. The van der Waals surface area contributed by atoms with Gasteiger partial charge in [0, 0.05) is 0 Å². The highest BCUT2D eigenvalue weighted by atomic mass is 28.4. The Balaban J connectivity index is 2.76. The van der Waals surface area contributed by atoms with Crippen LogP contribution in [0, 0.1) is 5.92 Å². The number of esters is 1. The monoisotopic (exact) mass is 322 g/mol. The van der Waals surface area contributed by atoms with Crippen LogP contribution in [0.2, 0.25) is 18.1 Å². The third kappa shape index (κ3) is 5.48. The van der Waals surface area contributed by atoms with Crippen molar-refractivity contribution in [2.45, 2.75) is 59.2 Å². The Labute approximate surface area is 136 Å². The second-order valence-corrected chi connectivity index (χ2v) is 12.4. The summed E-state index contributed by atoms with van der Waals surface area (Å²) in [5.74, 6) is 1.01. The van der Waals surface area contributed by atoms with E-state index in [-0.39, 0.29) is 11.0 Å². The highest BCUT2D eigenvalue weighted by Gasteiger charge is 2.39. The molecular formula is C18H30O3Si. The van der Waals surface area contributed by atoms with Crippen LogP contribution in [0.15, 0.2) is 24.3 Å². The maximum Gasteiger partial charge on any atom is 0.338 e. The Bertz CT molecular complexity index is 501. The molecule has 1 rings (SSSR count). The summed E-state index contributed by atoms with van der Waals surface area (Å²) in [5.41, 5.74) is 0.556. The average molecular weight is 323 g/mol. The molecule has 0 spiro atoms. The molecule has 0 unspecified atom stereocenters. The largest absolute Gasteiger partial charge is 0.543 e. The van der Waals surface area contributed by atoms with Crippen LogP contribution in [0.3, 0.4) is 0 Å². The second-order valence-electron chi connectivity index (χ2n) is 7.71. The van der Waals surface area contributed by atoms with Gasteiger partial charge in [0.1, 0.15) is 5.75 Å². The lowest BCUT2D eigenvalue weighted by Gasteiger charge is -2.36. The van der Waals surface area contributed by atoms with E-state index in [1.807, 2.05) is 12.1 Å². The molecule has 124 valence electrons. The summed E-state index contributed by atoms with van der Waals surface area (Å²) in [6, 6.07) is 7.32. The van der Waals surface area contributed by atoms with Crippen molar-refractivity contribution < 1.29 is 14.0 Å². The van der Waals surface area contributed by atoms with E-state index in [0.717, 1.165) is 12.2 Å². The Morgan fingerprint density at radius 3 is 2.41 bits per heavy atom. The van der Waals surface area contributed by atoms with Gasteiger partial charge in [-0.05, 0) is 48.7 Å². The van der Waals surface area contributed by atoms with Gasteiger partial charge in [0.05, 0.1) is 12.2 Å². The van der Waals surface area contributed by atoms with Crippen LogP contribution >= 0.6 is 0 Å². The van der Waals surface area contributed by atoms with Gasteiger partial charge in [-0.25, -0.2) is 4.79 Å². The number of rotatable bonds is 6. The second kappa shape index (κ2) is 7.31. The summed E-state index contributed by atoms with van der Waals surface area (Å²) < 4.78 is 11.5. The van der Waals surface area contributed by atoms with Crippen molar-refractivity contribution in [2.75, 3.05) is 6.61 Å². The molecule has 0 atom stereocenters. The summed E-state index contributed by atoms with van der Waals surface area (Å²) in [7, 11) is -1.90. The Hall–Kier alpha value is -1.29. The molecule has 0 fully saturated rings. The lowest BCUT2D eigenvalue weighted by molar-refractivity contribution is 0.0488. The van der Waals surface area contributed by atoms with E-state index in [2.05, 4.69) is 47.7 Å². The number of hydrogen-bond donors (Lipinski definition) is 0. The van der Waals surface area contributed by atoms with Crippen LogP contribution in [-0.2, 0) is 4.74 Å². The van der Waals surface area contributed by atoms with Crippen LogP contribution in [0.4, 0.5) is 0 Å². The first-order valence-corrected chi connectivity index (χ1v) is 10.9. The quantitative estimate of drug-likeness (QED) is 0.528. The lowest BCUT2D eigenvalue weighted by atomic mass is 10.1. The van der Waals surface area contributed by atoms with Crippen LogP contribution in [0.25, 0.3) is 0 Å². The van der Waals surface area contributed by atoms with E-state index in [9.17, 15) is 4.79 Å². The van der Waals surface area contributed by atoms with E-state index in [4.69, 9.17) is 9.16 Å². The van der Waals surface area contributed by atoms with Gasteiger partial charge in [0.25, 0.3) is 0 Å². The number of benzene rings is 1. The van der Waals surface area contributed by atoms with Gasteiger partial charge in [0.15, 0.2) is 0 Å². The molecular weight excluding hydrogens is 292 g/mol. The third-order valence-electron chi connectivity index (χ3n) is 4.18. The topological polar surface area (TPSA) is 35.5 Å². The maximum absolute atomic E-state index is 12.1. The predicted octanol–water partition coefficient (Wildman–Crippen LogP) is 5.27. The van der Waals surface area contributed by atoms with E-state index in [0.29, 0.717) is 18.1 Å². The molecule has 0 aliphatic heterocycles. The van der Waals surface area contributed by atoms with Crippen molar-refractivity contribution >= 4 is 14.3 Å². The van der Waals surface area contributed by atoms with Gasteiger partial charge in [-0.3, -0.25) is 0 Å². The molecule has 0 aliphatic carbocycles. The molecule has 0 N–H and O–H groups in total. The first-order valence-electron chi connectivity index (χ1n) is 7.99. The molecule has 0 saturated carbocycles. The fourth-order valence-electron chi connectivity index (χ4n) is 1.60. The van der Waals surface area contributed by atoms with Gasteiger partial charge >= 0.3 is 5.97 Å². The molecule has 0 amide bonds. The molecule has 0 heterocycles. The van der Waals surface area contributed by atoms with Crippen LogP contribution < -0.4 is 4.43 Å². The zero-order chi connectivity index (χ0) is 17.0. The molecule has 0 aliphatic rings. The van der Waals surface area contributed by atoms with E-state index >= 15 is 0 Å². The maximum atomic E-state index is 12.1. The first kappa shape index (κ1) is 18.8. The normalized spacial score (nSPS) is 12.4. The number of carbonyl (C=O) groups excluding carboxylic acids is 1. The van der Waals surface area contributed by atoms with Crippen LogP contribution in [0.5, 0.6) is 5.75 Å². The minimum atomic E-state index is -1.90. The number of ether oxygens (including phenoxy) is 1. The molecule has 3 nitrogen and oxygen atoms in total. The summed E-state index contributed by atoms with van der Waals surface area (Å²) in [6.45, 7) is 15.7. The summed E-state index contributed by atoms with van der Waals surface area (Å²) in [6.07, 6.45) is 0.881. The Kier molecular flexibility index (Phi) is 6.24. The third-order valence-corrected chi connectivity index (χ3v) is 8.54. The fourth-order valence-corrected chi connectivity index (χ4v) is 2.63. The Morgan fingerprint density at radius 1 is 1.23 bits per heavy atom. The molecule has 1 aromatic rings. The van der Waals surface area contributed by atoms with Gasteiger partial charge in [-0.2, -0.15) is 0 Å². The van der Waals surface area contributed by atoms with Gasteiger partial charge in [0.2, 0.25) is 8.32 Å². The van der Waals surface area contributed by atoms with Gasteiger partial charge in [-0.1, -0.05) is 40.7 Å². The molecule has 4 heteroatoms. The smallest absolute Gasteiger partial charge is 0.338 e. The van der Waals surface area contributed by atoms with Crippen LogP contribution in [-0.4, -0.2) is 20.9 Å². The summed E-state index contributed by atoms with van der Waals surface area (Å²) in [4.78, 5) is 12.1. The summed E-state index contributed by atoms with van der Waals surface area (Å²) >= 11 is 0. The number of hydrogen-bond acceptors (Lipinski definition) is 3. The summed E-state index contributed by atoms with van der Waals surface area (Å²) in [5, 5.41) is 0.126. The highest BCUT2D eigenvalue weighted by molar-refractivity contribution is 6.74. The zero-order valence-electron chi connectivity index (χ0n) is 15.0. The molecule has 0 bridgehead atoms. The van der Waals surface area contributed by atoms with Crippen molar-refractivity contribution in [2.24, 2.45) is 5.92 Å². The minimum Gasteiger partial charge on any atom is -0.543 e. The Morgan fingerprint density at radius 2 is 1.86 bits per heavy atom. The lowest BCUT2D eigenvalue weighted by Crippen LogP contribution is -2.43. The van der Waals surface area contributed by atoms with E-state index < -0.39 is 8.32 Å². The minimum absolute atomic E-state index is 0.126. The SMILES string of the molecule is CC(C)CCOC(=O)c1cccc(O[Si](C)(C)C(C)(C)C)c1. The molecule has 0 radical (unpaired) electrons. The molecule has 1 aromatic carbocycles. The standard InChI is InChI=1S/C18H30O3Si/c1-14(2)11-12-20-17(19)15-9-8-10-16(13-15)21-22(6,7)18(3,4)5/h8-10,13-14H,11-12H2,1-7H3. The fraction of sp³-hybridized carbons (Fsp3) is 0.611. The molecule has 0 aromatic heterocycles. The average Bonchev–Trinajstić information content (AvgIpc) is 2.36. The van der Waals surface area contributed by atoms with Crippen LogP contribution in [0.1, 0.15) is 51.4 Å². The molecule has 0 saturated heterocycles. The van der Waals surface area contributed by atoms with Crippen molar-refractivity contribution in [3.8, 4) is 5.75 Å². The van der Waals surface area contributed by atoms with Crippen molar-refractivity contribution in [3.63, 3.8) is 0 Å².